The quantitative estimate of drug-likeness (QED) is 0.258. The molecule has 0 N–H and O–H groups in total. The Hall–Kier alpha value is -0.660. The molecule has 0 aliphatic heterocycles. The second kappa shape index (κ2) is 12.4. The maximum absolute atomic E-state index is 10.1. The summed E-state index contributed by atoms with van der Waals surface area (Å²) in [5.74, 6) is 0.703. The van der Waals surface area contributed by atoms with Gasteiger partial charge in [-0.3, -0.25) is 0 Å². The van der Waals surface area contributed by atoms with Crippen molar-refractivity contribution in [3.05, 3.63) is 17.6 Å². The first-order valence-corrected chi connectivity index (χ1v) is 6.75. The Bertz CT molecular complexity index is 168. The molecule has 0 spiro atoms. The molecule has 0 heterocycles. The van der Waals surface area contributed by atoms with Crippen molar-refractivity contribution in [2.45, 2.75) is 64.7 Å². The highest BCUT2D eigenvalue weighted by molar-refractivity contribution is 4.68. The van der Waals surface area contributed by atoms with Gasteiger partial charge in [-0.15, -0.1) is 6.58 Å². The Balaban J connectivity index is 3.61. The van der Waals surface area contributed by atoms with E-state index in [2.05, 4.69) is 18.7 Å². The van der Waals surface area contributed by atoms with Gasteiger partial charge in [0.1, 0.15) is 0 Å². The van der Waals surface area contributed by atoms with Crippen LogP contribution in [0.3, 0.4) is 0 Å². The van der Waals surface area contributed by atoms with Crippen molar-refractivity contribution in [1.82, 2.24) is 0 Å². The molecule has 0 saturated heterocycles. The molecule has 0 aromatic carbocycles. The summed E-state index contributed by atoms with van der Waals surface area (Å²) >= 11 is 0. The number of nitrogens with zero attached hydrogens (tertiary/aromatic N) is 1. The van der Waals surface area contributed by atoms with Crippen molar-refractivity contribution in [1.29, 1.82) is 0 Å². The molecule has 0 aliphatic carbocycles. The average molecular weight is 225 g/mol. The topological polar surface area (TPSA) is 29.4 Å². The summed E-state index contributed by atoms with van der Waals surface area (Å²) in [5, 5.41) is 2.98. The lowest BCUT2D eigenvalue weighted by molar-refractivity contribution is 0.395. The molecule has 0 bridgehead atoms. The molecule has 1 unspecified atom stereocenters. The molecule has 0 aromatic heterocycles. The van der Waals surface area contributed by atoms with E-state index in [9.17, 15) is 4.91 Å². The van der Waals surface area contributed by atoms with E-state index in [1.807, 2.05) is 6.08 Å². The number of nitroso groups, excluding NO2 is 1. The van der Waals surface area contributed by atoms with Gasteiger partial charge in [-0.1, -0.05) is 56.7 Å². The number of allylic oxidation sites excluding steroid dienone is 1. The van der Waals surface area contributed by atoms with Crippen molar-refractivity contribution < 1.29 is 0 Å². The van der Waals surface area contributed by atoms with Crippen LogP contribution >= 0.6 is 0 Å². The van der Waals surface area contributed by atoms with Crippen molar-refractivity contribution in [3.8, 4) is 0 Å². The largest absolute Gasteiger partial charge is 0.151 e. The van der Waals surface area contributed by atoms with Crippen molar-refractivity contribution in [2.75, 3.05) is 6.54 Å². The Morgan fingerprint density at radius 1 is 1.12 bits per heavy atom. The summed E-state index contributed by atoms with van der Waals surface area (Å²) in [4.78, 5) is 10.1. The lowest BCUT2D eigenvalue weighted by Gasteiger charge is -2.14. The van der Waals surface area contributed by atoms with Crippen molar-refractivity contribution >= 4 is 0 Å². The van der Waals surface area contributed by atoms with Gasteiger partial charge in [-0.2, -0.15) is 4.91 Å². The summed E-state index contributed by atoms with van der Waals surface area (Å²) in [6.45, 7) is 6.46. The van der Waals surface area contributed by atoms with Gasteiger partial charge in [0.05, 0.1) is 6.54 Å². The zero-order valence-electron chi connectivity index (χ0n) is 10.8. The van der Waals surface area contributed by atoms with E-state index in [1.54, 1.807) is 0 Å². The molecule has 0 aliphatic rings. The van der Waals surface area contributed by atoms with Crippen LogP contribution in [0.1, 0.15) is 64.7 Å². The molecule has 0 amide bonds. The van der Waals surface area contributed by atoms with E-state index in [0.29, 0.717) is 12.5 Å². The summed E-state index contributed by atoms with van der Waals surface area (Å²) in [5.41, 5.74) is 0. The highest BCUT2D eigenvalue weighted by Gasteiger charge is 2.07. The lowest BCUT2D eigenvalue weighted by Crippen LogP contribution is -2.02. The molecule has 0 radical (unpaired) electrons. The summed E-state index contributed by atoms with van der Waals surface area (Å²) in [7, 11) is 0. The molecule has 2 heteroatoms. The second-order valence-electron chi connectivity index (χ2n) is 4.58. The van der Waals surface area contributed by atoms with Gasteiger partial charge >= 0.3 is 0 Å². The Morgan fingerprint density at radius 3 is 2.50 bits per heavy atom. The minimum Gasteiger partial charge on any atom is -0.151 e. The molecule has 0 saturated carbocycles. The molecular formula is C14H27NO. The first-order chi connectivity index (χ1) is 7.85. The zero-order chi connectivity index (χ0) is 12.1. The predicted octanol–water partition coefficient (Wildman–Crippen LogP) is 5.09. The Labute approximate surface area is 100 Å². The van der Waals surface area contributed by atoms with Crippen molar-refractivity contribution in [2.24, 2.45) is 11.1 Å². The highest BCUT2D eigenvalue weighted by atomic mass is 16.3. The molecule has 16 heavy (non-hydrogen) atoms. The van der Waals surface area contributed by atoms with Gasteiger partial charge in [0.2, 0.25) is 0 Å². The molecule has 1 atom stereocenters. The molecule has 94 valence electrons. The normalized spacial score (nSPS) is 12.3. The first-order valence-electron chi connectivity index (χ1n) is 6.75. The van der Waals surface area contributed by atoms with Gasteiger partial charge in [0.15, 0.2) is 0 Å². The van der Waals surface area contributed by atoms with Crippen LogP contribution in [0.4, 0.5) is 0 Å². The molecule has 0 rings (SSSR count). The fourth-order valence-electron chi connectivity index (χ4n) is 2.08. The maximum Gasteiger partial charge on any atom is 0.0813 e. The van der Waals surface area contributed by atoms with Gasteiger partial charge in [-0.25, -0.2) is 0 Å². The summed E-state index contributed by atoms with van der Waals surface area (Å²) in [6.07, 6.45) is 13.0. The van der Waals surface area contributed by atoms with E-state index in [-0.39, 0.29) is 0 Å². The number of rotatable bonds is 12. The zero-order valence-corrected chi connectivity index (χ0v) is 10.8. The molecule has 0 fully saturated rings. The third-order valence-electron chi connectivity index (χ3n) is 3.12. The van der Waals surface area contributed by atoms with Gasteiger partial charge in [0.25, 0.3) is 0 Å². The van der Waals surface area contributed by atoms with Gasteiger partial charge in [0, 0.05) is 0 Å². The van der Waals surface area contributed by atoms with Crippen molar-refractivity contribution in [3.63, 3.8) is 0 Å². The minimum atomic E-state index is 0.493. The molecular weight excluding hydrogens is 198 g/mol. The van der Waals surface area contributed by atoms with Crippen LogP contribution in [0.5, 0.6) is 0 Å². The van der Waals surface area contributed by atoms with Crippen LogP contribution < -0.4 is 0 Å². The summed E-state index contributed by atoms with van der Waals surface area (Å²) in [6, 6.07) is 0. The van der Waals surface area contributed by atoms with E-state index in [1.165, 1.54) is 44.9 Å². The Morgan fingerprint density at radius 2 is 1.88 bits per heavy atom. The van der Waals surface area contributed by atoms with Crippen LogP contribution in [-0.4, -0.2) is 6.54 Å². The minimum absolute atomic E-state index is 0.493. The maximum atomic E-state index is 10.1. The molecule has 2 nitrogen and oxygen atoms in total. The predicted molar refractivity (Wildman–Crippen MR) is 71.6 cm³/mol. The van der Waals surface area contributed by atoms with Gasteiger partial charge in [-0.05, 0) is 25.2 Å². The third kappa shape index (κ3) is 9.88. The van der Waals surface area contributed by atoms with Crippen LogP contribution in [0.2, 0.25) is 0 Å². The standard InChI is InChI=1S/C14H27NO/c1-3-5-7-9-11-14(12-13-15-16)10-8-6-4-2/h4,14H,2-3,5-13H2,1H3. The van der Waals surface area contributed by atoms with Crippen LogP contribution in [0.15, 0.2) is 17.8 Å². The first kappa shape index (κ1) is 15.3. The lowest BCUT2D eigenvalue weighted by atomic mass is 9.92. The van der Waals surface area contributed by atoms with E-state index < -0.39 is 0 Å². The monoisotopic (exact) mass is 225 g/mol. The smallest absolute Gasteiger partial charge is 0.0813 e. The van der Waals surface area contributed by atoms with E-state index >= 15 is 0 Å². The fraction of sp³-hybridized carbons (Fsp3) is 0.857. The highest BCUT2D eigenvalue weighted by Crippen LogP contribution is 2.20. The SMILES string of the molecule is C=CCCCC(CCCCCC)CCN=O. The van der Waals surface area contributed by atoms with Crippen LogP contribution in [0.25, 0.3) is 0 Å². The fourth-order valence-corrected chi connectivity index (χ4v) is 2.08. The molecule has 0 aromatic rings. The third-order valence-corrected chi connectivity index (χ3v) is 3.12. The van der Waals surface area contributed by atoms with Crippen LogP contribution in [-0.2, 0) is 0 Å². The second-order valence-corrected chi connectivity index (χ2v) is 4.58. The number of hydrogen-bond donors (Lipinski definition) is 0. The number of unbranched alkanes of at least 4 members (excludes halogenated alkanes) is 4. The van der Waals surface area contributed by atoms with E-state index in [0.717, 1.165) is 12.8 Å². The number of hydrogen-bond acceptors (Lipinski definition) is 2. The average Bonchev–Trinajstić information content (AvgIpc) is 2.31. The van der Waals surface area contributed by atoms with E-state index in [4.69, 9.17) is 0 Å². The summed E-state index contributed by atoms with van der Waals surface area (Å²) < 4.78 is 0. The van der Waals surface area contributed by atoms with Crippen LogP contribution in [0, 0.1) is 10.8 Å². The van der Waals surface area contributed by atoms with Gasteiger partial charge < -0.3 is 0 Å². The Kier molecular flexibility index (Phi) is 11.9.